The molecule has 0 bridgehead atoms. The average Bonchev–Trinajstić information content (AvgIpc) is 3.36. The molecule has 2 aromatic carbocycles. The first-order chi connectivity index (χ1) is 17.8. The molecule has 1 saturated carbocycles. The number of benzene rings is 2. The smallest absolute Gasteiger partial charge is 0.334 e. The summed E-state index contributed by atoms with van der Waals surface area (Å²) in [5.41, 5.74) is -1.84. The van der Waals surface area contributed by atoms with Crippen molar-refractivity contribution < 1.29 is 35.9 Å². The molecule has 2 heterocycles. The minimum absolute atomic E-state index is 0.0218. The molecule has 38 heavy (non-hydrogen) atoms. The highest BCUT2D eigenvalue weighted by Crippen LogP contribution is 2.45. The van der Waals surface area contributed by atoms with Gasteiger partial charge >= 0.3 is 12.4 Å². The van der Waals surface area contributed by atoms with E-state index in [2.05, 4.69) is 10.6 Å². The van der Waals surface area contributed by atoms with E-state index in [-0.39, 0.29) is 36.4 Å². The van der Waals surface area contributed by atoms with Gasteiger partial charge < -0.3 is 15.5 Å². The summed E-state index contributed by atoms with van der Waals surface area (Å²) in [6.45, 7) is 0.585. The Morgan fingerprint density at radius 3 is 2.18 bits per heavy atom. The van der Waals surface area contributed by atoms with E-state index in [0.717, 1.165) is 18.4 Å². The molecule has 1 saturated heterocycles. The van der Waals surface area contributed by atoms with Crippen molar-refractivity contribution in [2.75, 3.05) is 18.4 Å². The Hall–Kier alpha value is -3.08. The van der Waals surface area contributed by atoms with Crippen molar-refractivity contribution in [1.82, 2.24) is 10.2 Å². The van der Waals surface area contributed by atoms with Crippen LogP contribution in [0.1, 0.15) is 53.5 Å². The van der Waals surface area contributed by atoms with E-state index in [1.165, 1.54) is 4.90 Å². The molecule has 0 radical (unpaired) electrons. The summed E-state index contributed by atoms with van der Waals surface area (Å²) in [6, 6.07) is 6.63. The second-order valence-electron chi connectivity index (χ2n) is 10.6. The van der Waals surface area contributed by atoms with Crippen LogP contribution >= 0.6 is 0 Å². The molecule has 1 unspecified atom stereocenters. The van der Waals surface area contributed by atoms with Gasteiger partial charge in [-0.15, -0.1) is 0 Å². The van der Waals surface area contributed by atoms with Crippen LogP contribution < -0.4 is 10.6 Å². The molecule has 11 heteroatoms. The van der Waals surface area contributed by atoms with Crippen molar-refractivity contribution in [3.63, 3.8) is 0 Å². The van der Waals surface area contributed by atoms with Crippen LogP contribution in [-0.4, -0.2) is 29.8 Å². The van der Waals surface area contributed by atoms with Crippen molar-refractivity contribution >= 4 is 17.5 Å². The summed E-state index contributed by atoms with van der Waals surface area (Å²) in [7, 11) is 0. The Balaban J connectivity index is 1.51. The summed E-state index contributed by atoms with van der Waals surface area (Å²) in [6.07, 6.45) is -6.55. The molecule has 204 valence electrons. The van der Waals surface area contributed by atoms with Gasteiger partial charge in [-0.1, -0.05) is 25.0 Å². The standard InChI is InChI=1S/C27H27F6N3O2/c28-26(29,30)20-7-18(8-21(11-20)27(31,32)33)14-36(13-17-3-4-19-10-23(37)35-22(19)9-17)24(38)25(5-6-34-15-25)12-16-1-2-16/h3-4,7-9,11,16,34H,1-2,5-6,10,12-15H2,(H,35,37). The third-order valence-electron chi connectivity index (χ3n) is 7.55. The van der Waals surface area contributed by atoms with E-state index in [1.807, 2.05) is 0 Å². The lowest BCUT2D eigenvalue weighted by Crippen LogP contribution is -2.45. The summed E-state index contributed by atoms with van der Waals surface area (Å²) < 4.78 is 81.0. The third kappa shape index (κ3) is 5.67. The normalized spacial score (nSPS) is 21.4. The molecular weight excluding hydrogens is 512 g/mol. The first-order valence-corrected chi connectivity index (χ1v) is 12.5. The van der Waals surface area contributed by atoms with E-state index < -0.39 is 35.4 Å². The number of hydrogen-bond donors (Lipinski definition) is 2. The van der Waals surface area contributed by atoms with E-state index >= 15 is 0 Å². The second-order valence-corrected chi connectivity index (χ2v) is 10.6. The summed E-state index contributed by atoms with van der Waals surface area (Å²) in [5.74, 6) is -0.0691. The molecular formula is C27H27F6N3O2. The highest BCUT2D eigenvalue weighted by Gasteiger charge is 2.47. The Morgan fingerprint density at radius 1 is 0.947 bits per heavy atom. The van der Waals surface area contributed by atoms with Gasteiger partial charge in [-0.25, -0.2) is 0 Å². The van der Waals surface area contributed by atoms with Gasteiger partial charge in [0.2, 0.25) is 11.8 Å². The quantitative estimate of drug-likeness (QED) is 0.455. The average molecular weight is 540 g/mol. The molecule has 2 N–H and O–H groups in total. The largest absolute Gasteiger partial charge is 0.416 e. The molecule has 2 amide bonds. The maximum absolute atomic E-state index is 14.1. The second kappa shape index (κ2) is 9.59. The zero-order chi connectivity index (χ0) is 27.3. The topological polar surface area (TPSA) is 61.4 Å². The molecule has 3 aliphatic rings. The summed E-state index contributed by atoms with van der Waals surface area (Å²) >= 11 is 0. The number of carbonyl (C=O) groups is 2. The van der Waals surface area contributed by atoms with Crippen LogP contribution in [0.15, 0.2) is 36.4 Å². The van der Waals surface area contributed by atoms with Crippen LogP contribution in [0.5, 0.6) is 0 Å². The number of fused-ring (bicyclic) bond motifs is 1. The number of nitrogens with zero attached hydrogens (tertiary/aromatic N) is 1. The lowest BCUT2D eigenvalue weighted by molar-refractivity contribution is -0.143. The van der Waals surface area contributed by atoms with Crippen molar-refractivity contribution in [3.05, 3.63) is 64.2 Å². The molecule has 2 aromatic rings. The lowest BCUT2D eigenvalue weighted by Gasteiger charge is -2.35. The predicted molar refractivity (Wildman–Crippen MR) is 127 cm³/mol. The molecule has 5 rings (SSSR count). The number of anilines is 1. The van der Waals surface area contributed by atoms with E-state index in [1.54, 1.807) is 18.2 Å². The van der Waals surface area contributed by atoms with Crippen LogP contribution in [-0.2, 0) is 41.5 Å². The number of amides is 2. The minimum Gasteiger partial charge on any atom is -0.334 e. The van der Waals surface area contributed by atoms with Crippen LogP contribution in [0.4, 0.5) is 32.0 Å². The van der Waals surface area contributed by atoms with Gasteiger partial charge in [0, 0.05) is 25.3 Å². The fraction of sp³-hybridized carbons (Fsp3) is 0.481. The van der Waals surface area contributed by atoms with Crippen LogP contribution in [0, 0.1) is 11.3 Å². The summed E-state index contributed by atoms with van der Waals surface area (Å²) in [4.78, 5) is 27.2. The number of alkyl halides is 6. The van der Waals surface area contributed by atoms with Crippen molar-refractivity contribution in [3.8, 4) is 0 Å². The fourth-order valence-electron chi connectivity index (χ4n) is 5.51. The SMILES string of the molecule is O=C1Cc2ccc(CN(Cc3cc(C(F)(F)F)cc(C(F)(F)F)c3)C(=O)C3(CC4CC4)CCNC3)cc2N1. The molecule has 5 nitrogen and oxygen atoms in total. The van der Waals surface area contributed by atoms with Crippen molar-refractivity contribution in [2.24, 2.45) is 11.3 Å². The number of halogens is 6. The monoisotopic (exact) mass is 539 g/mol. The first-order valence-electron chi connectivity index (χ1n) is 12.5. The molecule has 1 aliphatic carbocycles. The Kier molecular flexibility index (Phi) is 6.69. The Morgan fingerprint density at radius 2 is 1.61 bits per heavy atom. The molecule has 2 fully saturated rings. The molecule has 2 aliphatic heterocycles. The number of rotatable bonds is 7. The Bertz CT molecular complexity index is 1210. The van der Waals surface area contributed by atoms with E-state index in [4.69, 9.17) is 0 Å². The van der Waals surface area contributed by atoms with Gasteiger partial charge in [-0.05, 0) is 66.3 Å². The maximum atomic E-state index is 14.1. The predicted octanol–water partition coefficient (Wildman–Crippen LogP) is 5.53. The van der Waals surface area contributed by atoms with Crippen molar-refractivity contribution in [1.29, 1.82) is 0 Å². The number of carbonyl (C=O) groups excluding carboxylic acids is 2. The van der Waals surface area contributed by atoms with E-state index in [9.17, 15) is 35.9 Å². The van der Waals surface area contributed by atoms with Gasteiger partial charge in [0.25, 0.3) is 0 Å². The van der Waals surface area contributed by atoms with E-state index in [0.29, 0.717) is 55.2 Å². The third-order valence-corrected chi connectivity index (χ3v) is 7.55. The van der Waals surface area contributed by atoms with Crippen LogP contribution in [0.2, 0.25) is 0 Å². The van der Waals surface area contributed by atoms with Crippen LogP contribution in [0.25, 0.3) is 0 Å². The molecule has 1 atom stereocenters. The first kappa shape index (κ1) is 26.5. The fourth-order valence-corrected chi connectivity index (χ4v) is 5.51. The van der Waals surface area contributed by atoms with Crippen LogP contribution in [0.3, 0.4) is 0 Å². The van der Waals surface area contributed by atoms with Gasteiger partial charge in [0.1, 0.15) is 0 Å². The van der Waals surface area contributed by atoms with Gasteiger partial charge in [0.05, 0.1) is 23.0 Å². The van der Waals surface area contributed by atoms with Gasteiger partial charge in [-0.2, -0.15) is 26.3 Å². The number of hydrogen-bond acceptors (Lipinski definition) is 3. The molecule has 0 spiro atoms. The highest BCUT2D eigenvalue weighted by atomic mass is 19.4. The van der Waals surface area contributed by atoms with Gasteiger partial charge in [-0.3, -0.25) is 9.59 Å². The summed E-state index contributed by atoms with van der Waals surface area (Å²) in [5, 5.41) is 5.95. The maximum Gasteiger partial charge on any atom is 0.416 e. The van der Waals surface area contributed by atoms with Crippen molar-refractivity contribution in [2.45, 2.75) is 57.5 Å². The lowest BCUT2D eigenvalue weighted by atomic mass is 9.80. The van der Waals surface area contributed by atoms with Gasteiger partial charge in [0.15, 0.2) is 0 Å². The Labute approximate surface area is 215 Å². The molecule has 0 aromatic heterocycles. The number of nitrogens with one attached hydrogen (secondary N) is 2. The highest BCUT2D eigenvalue weighted by molar-refractivity contribution is 5.99. The zero-order valence-electron chi connectivity index (χ0n) is 20.4. The minimum atomic E-state index is -4.98. The zero-order valence-corrected chi connectivity index (χ0v) is 20.4.